The van der Waals surface area contributed by atoms with E-state index in [4.69, 9.17) is 21.1 Å². The first kappa shape index (κ1) is 18.2. The van der Waals surface area contributed by atoms with Crippen LogP contribution < -0.4 is 9.46 Å². The Hall–Kier alpha value is -0.820. The van der Waals surface area contributed by atoms with E-state index in [-0.39, 0.29) is 4.90 Å². The summed E-state index contributed by atoms with van der Waals surface area (Å²) in [6.07, 6.45) is 0.608. The third kappa shape index (κ3) is 5.47. The molecule has 0 atom stereocenters. The smallest absolute Gasteiger partial charge is 0.244 e. The van der Waals surface area contributed by atoms with Gasteiger partial charge in [0.25, 0.3) is 0 Å². The Bertz CT molecular complexity index is 560. The standard InChI is InChI=1S/C14H22ClNO4S/c1-4-19-8-6-7-16-21(17,18)14-10-12(15)11(3)9-13(14)20-5-2/h9-10,16H,4-8H2,1-3H3. The van der Waals surface area contributed by atoms with E-state index in [0.29, 0.717) is 43.6 Å². The summed E-state index contributed by atoms with van der Waals surface area (Å²) >= 11 is 6.03. The van der Waals surface area contributed by atoms with E-state index in [0.717, 1.165) is 5.56 Å². The lowest BCUT2D eigenvalue weighted by atomic mass is 10.2. The molecule has 1 aromatic carbocycles. The molecule has 1 N–H and O–H groups in total. The van der Waals surface area contributed by atoms with Crippen LogP contribution in [-0.4, -0.2) is 34.8 Å². The molecule has 1 aromatic rings. The number of halogens is 1. The maximum Gasteiger partial charge on any atom is 0.244 e. The number of nitrogens with one attached hydrogen (secondary N) is 1. The number of sulfonamides is 1. The lowest BCUT2D eigenvalue weighted by molar-refractivity contribution is 0.146. The second-order valence-electron chi connectivity index (χ2n) is 4.43. The fourth-order valence-electron chi connectivity index (χ4n) is 1.72. The van der Waals surface area contributed by atoms with Crippen molar-refractivity contribution in [1.29, 1.82) is 0 Å². The van der Waals surface area contributed by atoms with E-state index < -0.39 is 10.0 Å². The van der Waals surface area contributed by atoms with Gasteiger partial charge in [0, 0.05) is 24.8 Å². The summed E-state index contributed by atoms with van der Waals surface area (Å²) in [7, 11) is -3.65. The molecule has 0 saturated carbocycles. The third-order valence-electron chi connectivity index (χ3n) is 2.78. The zero-order valence-electron chi connectivity index (χ0n) is 12.6. The minimum atomic E-state index is -3.65. The molecule has 5 nitrogen and oxygen atoms in total. The van der Waals surface area contributed by atoms with Gasteiger partial charge < -0.3 is 9.47 Å². The first-order valence-corrected chi connectivity index (χ1v) is 8.78. The van der Waals surface area contributed by atoms with Crippen LogP contribution in [0.4, 0.5) is 0 Å². The highest BCUT2D eigenvalue weighted by Gasteiger charge is 2.20. The van der Waals surface area contributed by atoms with Crippen molar-refractivity contribution in [3.05, 3.63) is 22.7 Å². The van der Waals surface area contributed by atoms with Gasteiger partial charge in [-0.1, -0.05) is 11.6 Å². The molecule has 120 valence electrons. The van der Waals surface area contributed by atoms with E-state index in [9.17, 15) is 8.42 Å². The molecule has 0 unspecified atom stereocenters. The van der Waals surface area contributed by atoms with Crippen molar-refractivity contribution >= 4 is 21.6 Å². The van der Waals surface area contributed by atoms with E-state index in [1.54, 1.807) is 19.9 Å². The Balaban J connectivity index is 2.88. The van der Waals surface area contributed by atoms with E-state index in [1.165, 1.54) is 6.07 Å². The Kier molecular flexibility index (Phi) is 7.45. The van der Waals surface area contributed by atoms with Gasteiger partial charge in [0.15, 0.2) is 0 Å². The van der Waals surface area contributed by atoms with Crippen LogP contribution in [0.2, 0.25) is 5.02 Å². The molecule has 0 aliphatic rings. The van der Waals surface area contributed by atoms with Gasteiger partial charge in [-0.15, -0.1) is 0 Å². The van der Waals surface area contributed by atoms with Gasteiger partial charge >= 0.3 is 0 Å². The lowest BCUT2D eigenvalue weighted by Gasteiger charge is -2.13. The summed E-state index contributed by atoms with van der Waals surface area (Å²) in [6.45, 7) is 7.33. The highest BCUT2D eigenvalue weighted by molar-refractivity contribution is 7.89. The SMILES string of the molecule is CCOCCCNS(=O)(=O)c1cc(Cl)c(C)cc1OCC. The van der Waals surface area contributed by atoms with Gasteiger partial charge in [0.2, 0.25) is 10.0 Å². The van der Waals surface area contributed by atoms with Crippen molar-refractivity contribution in [3.63, 3.8) is 0 Å². The van der Waals surface area contributed by atoms with Gasteiger partial charge in [-0.05, 0) is 44.9 Å². The average Bonchev–Trinajstić information content (AvgIpc) is 2.42. The third-order valence-corrected chi connectivity index (χ3v) is 4.67. The number of hydrogen-bond acceptors (Lipinski definition) is 4. The second-order valence-corrected chi connectivity index (χ2v) is 6.57. The average molecular weight is 336 g/mol. The van der Waals surface area contributed by atoms with Crippen LogP contribution in [0.5, 0.6) is 5.75 Å². The summed E-state index contributed by atoms with van der Waals surface area (Å²) < 4.78 is 37.8. The molecule has 1 rings (SSSR count). The minimum Gasteiger partial charge on any atom is -0.492 e. The first-order valence-electron chi connectivity index (χ1n) is 6.92. The molecule has 0 aromatic heterocycles. The fourth-order valence-corrected chi connectivity index (χ4v) is 3.17. The maximum atomic E-state index is 12.3. The molecule has 0 saturated heterocycles. The predicted octanol–water partition coefficient (Wildman–Crippen LogP) is 2.75. The Morgan fingerprint density at radius 1 is 1.24 bits per heavy atom. The molecule has 0 aliphatic heterocycles. The molecule has 0 aliphatic carbocycles. The monoisotopic (exact) mass is 335 g/mol. The summed E-state index contributed by atoms with van der Waals surface area (Å²) in [6, 6.07) is 3.06. The summed E-state index contributed by atoms with van der Waals surface area (Å²) in [5, 5.41) is 0.396. The topological polar surface area (TPSA) is 64.6 Å². The zero-order chi connectivity index (χ0) is 15.9. The van der Waals surface area contributed by atoms with Crippen molar-refractivity contribution < 1.29 is 17.9 Å². The van der Waals surface area contributed by atoms with Crippen molar-refractivity contribution in [3.8, 4) is 5.75 Å². The van der Waals surface area contributed by atoms with Gasteiger partial charge in [-0.25, -0.2) is 13.1 Å². The molecule has 7 heteroatoms. The Labute approximate surface area is 131 Å². The van der Waals surface area contributed by atoms with Crippen LogP contribution in [0, 0.1) is 6.92 Å². The van der Waals surface area contributed by atoms with Gasteiger partial charge in [0.05, 0.1) is 6.61 Å². The van der Waals surface area contributed by atoms with Gasteiger partial charge in [-0.2, -0.15) is 0 Å². The molecule has 0 amide bonds. The van der Waals surface area contributed by atoms with E-state index >= 15 is 0 Å². The van der Waals surface area contributed by atoms with Crippen LogP contribution in [0.3, 0.4) is 0 Å². The summed E-state index contributed by atoms with van der Waals surface area (Å²) in [5.41, 5.74) is 0.774. The molecule has 0 radical (unpaired) electrons. The number of benzene rings is 1. The highest BCUT2D eigenvalue weighted by atomic mass is 35.5. The Morgan fingerprint density at radius 2 is 1.95 bits per heavy atom. The van der Waals surface area contributed by atoms with Crippen LogP contribution >= 0.6 is 11.6 Å². The highest BCUT2D eigenvalue weighted by Crippen LogP contribution is 2.30. The molecule has 0 heterocycles. The van der Waals surface area contributed by atoms with Crippen LogP contribution in [0.25, 0.3) is 0 Å². The number of hydrogen-bond donors (Lipinski definition) is 1. The lowest BCUT2D eigenvalue weighted by Crippen LogP contribution is -2.26. The van der Waals surface area contributed by atoms with Crippen molar-refractivity contribution in [2.24, 2.45) is 0 Å². The normalized spacial score (nSPS) is 11.6. The first-order chi connectivity index (χ1) is 9.92. The number of rotatable bonds is 9. The number of ether oxygens (including phenoxy) is 2. The molecule has 21 heavy (non-hydrogen) atoms. The summed E-state index contributed by atoms with van der Waals surface area (Å²) in [4.78, 5) is 0.0661. The maximum absolute atomic E-state index is 12.3. The van der Waals surface area contributed by atoms with Crippen molar-refractivity contribution in [1.82, 2.24) is 4.72 Å². The summed E-state index contributed by atoms with van der Waals surface area (Å²) in [5.74, 6) is 0.316. The minimum absolute atomic E-state index is 0.0661. The van der Waals surface area contributed by atoms with E-state index in [1.807, 2.05) is 6.92 Å². The molecular formula is C14H22ClNO4S. The van der Waals surface area contributed by atoms with Crippen molar-refractivity contribution in [2.45, 2.75) is 32.1 Å². The van der Waals surface area contributed by atoms with Crippen LogP contribution in [-0.2, 0) is 14.8 Å². The van der Waals surface area contributed by atoms with Crippen LogP contribution in [0.1, 0.15) is 25.8 Å². The van der Waals surface area contributed by atoms with Crippen molar-refractivity contribution in [2.75, 3.05) is 26.4 Å². The van der Waals surface area contributed by atoms with Crippen LogP contribution in [0.15, 0.2) is 17.0 Å². The largest absolute Gasteiger partial charge is 0.492 e. The van der Waals surface area contributed by atoms with E-state index in [2.05, 4.69) is 4.72 Å². The van der Waals surface area contributed by atoms with Gasteiger partial charge in [-0.3, -0.25) is 0 Å². The van der Waals surface area contributed by atoms with Gasteiger partial charge in [0.1, 0.15) is 10.6 Å². The predicted molar refractivity (Wildman–Crippen MR) is 83.7 cm³/mol. The molecule has 0 fully saturated rings. The fraction of sp³-hybridized carbons (Fsp3) is 0.571. The zero-order valence-corrected chi connectivity index (χ0v) is 14.2. The molecular weight excluding hydrogens is 314 g/mol. The molecule has 0 bridgehead atoms. The number of aryl methyl sites for hydroxylation is 1. The Morgan fingerprint density at radius 3 is 2.57 bits per heavy atom. The second kappa shape index (κ2) is 8.58. The quantitative estimate of drug-likeness (QED) is 0.705. The molecule has 0 spiro atoms.